The molecular formula is C14H26N4O5. The fourth-order valence-electron chi connectivity index (χ4n) is 1.48. The molecule has 0 fully saturated rings. The van der Waals surface area contributed by atoms with E-state index in [1.807, 2.05) is 0 Å². The van der Waals surface area contributed by atoms with Gasteiger partial charge in [-0.15, -0.1) is 0 Å². The van der Waals surface area contributed by atoms with Gasteiger partial charge < -0.3 is 26.8 Å². The van der Waals surface area contributed by atoms with Gasteiger partial charge in [0.1, 0.15) is 18.1 Å². The highest BCUT2D eigenvalue weighted by molar-refractivity contribution is 5.93. The third-order valence-corrected chi connectivity index (χ3v) is 3.25. The van der Waals surface area contributed by atoms with E-state index >= 15 is 0 Å². The number of carboxylic acids is 1. The van der Waals surface area contributed by atoms with E-state index in [1.165, 1.54) is 20.8 Å². The van der Waals surface area contributed by atoms with E-state index < -0.39 is 47.9 Å². The second kappa shape index (κ2) is 9.09. The van der Waals surface area contributed by atoms with Crippen molar-refractivity contribution in [2.24, 2.45) is 11.7 Å². The Kier molecular flexibility index (Phi) is 8.23. The lowest BCUT2D eigenvalue weighted by Crippen LogP contribution is -2.55. The SMILES string of the molecule is CC(NC(=O)C(C)NC(=O)C(C)NC(=O)C(N)C(C)C)C(=O)O. The van der Waals surface area contributed by atoms with E-state index in [9.17, 15) is 19.2 Å². The molecule has 23 heavy (non-hydrogen) atoms. The lowest BCUT2D eigenvalue weighted by molar-refractivity contribution is -0.141. The van der Waals surface area contributed by atoms with Crippen LogP contribution in [0.4, 0.5) is 0 Å². The van der Waals surface area contributed by atoms with Crippen molar-refractivity contribution in [1.29, 1.82) is 0 Å². The average Bonchev–Trinajstić information content (AvgIpc) is 2.45. The monoisotopic (exact) mass is 330 g/mol. The molecule has 0 spiro atoms. The van der Waals surface area contributed by atoms with Crippen LogP contribution in [0.2, 0.25) is 0 Å². The molecule has 0 bridgehead atoms. The van der Waals surface area contributed by atoms with Crippen LogP contribution in [0, 0.1) is 5.92 Å². The molecule has 9 heteroatoms. The molecule has 9 nitrogen and oxygen atoms in total. The first-order chi connectivity index (χ1) is 10.5. The summed E-state index contributed by atoms with van der Waals surface area (Å²) in [7, 11) is 0. The summed E-state index contributed by atoms with van der Waals surface area (Å²) in [5.41, 5.74) is 5.68. The van der Waals surface area contributed by atoms with Crippen LogP contribution in [0.25, 0.3) is 0 Å². The van der Waals surface area contributed by atoms with E-state index in [1.54, 1.807) is 13.8 Å². The number of carbonyl (C=O) groups excluding carboxylic acids is 3. The molecule has 0 heterocycles. The quantitative estimate of drug-likeness (QED) is 0.368. The standard InChI is InChI=1S/C14H26N4O5/c1-6(2)10(15)13(21)17-8(4)11(19)16-7(3)12(20)18-9(5)14(22)23/h6-10H,15H2,1-5H3,(H,16,19)(H,17,21)(H,18,20)(H,22,23). The minimum Gasteiger partial charge on any atom is -0.480 e. The minimum atomic E-state index is -1.18. The topological polar surface area (TPSA) is 151 Å². The van der Waals surface area contributed by atoms with Crippen LogP contribution in [0.15, 0.2) is 0 Å². The fourth-order valence-corrected chi connectivity index (χ4v) is 1.48. The second-order valence-electron chi connectivity index (χ2n) is 5.80. The van der Waals surface area contributed by atoms with Crippen molar-refractivity contribution in [3.63, 3.8) is 0 Å². The fraction of sp³-hybridized carbons (Fsp3) is 0.714. The first kappa shape index (κ1) is 20.8. The molecule has 0 saturated carbocycles. The normalized spacial score (nSPS) is 16.0. The number of nitrogens with two attached hydrogens (primary N) is 1. The zero-order valence-corrected chi connectivity index (χ0v) is 14.0. The molecule has 3 amide bonds. The number of hydrogen-bond acceptors (Lipinski definition) is 5. The maximum atomic E-state index is 11.9. The van der Waals surface area contributed by atoms with Crippen molar-refractivity contribution in [2.45, 2.75) is 58.8 Å². The molecule has 132 valence electrons. The highest BCUT2D eigenvalue weighted by atomic mass is 16.4. The summed E-state index contributed by atoms with van der Waals surface area (Å²) in [5.74, 6) is -2.92. The zero-order valence-electron chi connectivity index (χ0n) is 14.0. The molecule has 4 atom stereocenters. The van der Waals surface area contributed by atoms with Crippen LogP contribution in [-0.4, -0.2) is 53.0 Å². The Morgan fingerprint density at radius 1 is 0.739 bits per heavy atom. The Balaban J connectivity index is 4.48. The van der Waals surface area contributed by atoms with Crippen molar-refractivity contribution in [3.8, 4) is 0 Å². The molecule has 0 aromatic carbocycles. The Labute approximate surface area is 135 Å². The van der Waals surface area contributed by atoms with Crippen LogP contribution >= 0.6 is 0 Å². The first-order valence-electron chi connectivity index (χ1n) is 7.36. The van der Waals surface area contributed by atoms with E-state index in [-0.39, 0.29) is 5.92 Å². The van der Waals surface area contributed by atoms with Crippen LogP contribution in [0.1, 0.15) is 34.6 Å². The van der Waals surface area contributed by atoms with Crippen LogP contribution in [0.3, 0.4) is 0 Å². The summed E-state index contributed by atoms with van der Waals surface area (Å²) in [6, 6.07) is -3.62. The molecule has 0 saturated heterocycles. The third-order valence-electron chi connectivity index (χ3n) is 3.25. The highest BCUT2D eigenvalue weighted by Crippen LogP contribution is 1.99. The van der Waals surface area contributed by atoms with Crippen molar-refractivity contribution >= 4 is 23.7 Å². The van der Waals surface area contributed by atoms with Gasteiger partial charge in [-0.25, -0.2) is 0 Å². The van der Waals surface area contributed by atoms with Crippen LogP contribution in [0.5, 0.6) is 0 Å². The van der Waals surface area contributed by atoms with Crippen LogP contribution in [-0.2, 0) is 19.2 Å². The first-order valence-corrected chi connectivity index (χ1v) is 7.36. The van der Waals surface area contributed by atoms with Crippen molar-refractivity contribution in [2.75, 3.05) is 0 Å². The summed E-state index contributed by atoms with van der Waals surface area (Å²) in [4.78, 5) is 46.1. The van der Waals surface area contributed by atoms with E-state index in [2.05, 4.69) is 16.0 Å². The lowest BCUT2D eigenvalue weighted by atomic mass is 10.0. The molecule has 0 aliphatic rings. The molecule has 4 unspecified atom stereocenters. The summed E-state index contributed by atoms with van der Waals surface area (Å²) in [6.07, 6.45) is 0. The summed E-state index contributed by atoms with van der Waals surface area (Å²) in [6.45, 7) is 7.75. The molecule has 0 rings (SSSR count). The maximum Gasteiger partial charge on any atom is 0.325 e. The Bertz CT molecular complexity index is 466. The minimum absolute atomic E-state index is 0.0764. The van der Waals surface area contributed by atoms with E-state index in [4.69, 9.17) is 10.8 Å². The third kappa shape index (κ3) is 7.09. The summed E-state index contributed by atoms with van der Waals surface area (Å²) in [5, 5.41) is 15.8. The van der Waals surface area contributed by atoms with Gasteiger partial charge in [0, 0.05) is 0 Å². The molecule has 6 N–H and O–H groups in total. The number of nitrogens with one attached hydrogen (secondary N) is 3. The van der Waals surface area contributed by atoms with Gasteiger partial charge in [0.05, 0.1) is 6.04 Å². The van der Waals surface area contributed by atoms with E-state index in [0.29, 0.717) is 0 Å². The number of carboxylic acid groups (broad SMARTS) is 1. The number of aliphatic carboxylic acids is 1. The molecule has 0 aliphatic carbocycles. The highest BCUT2D eigenvalue weighted by Gasteiger charge is 2.25. The maximum absolute atomic E-state index is 11.9. The van der Waals surface area contributed by atoms with Gasteiger partial charge in [-0.1, -0.05) is 13.8 Å². The average molecular weight is 330 g/mol. The van der Waals surface area contributed by atoms with Gasteiger partial charge in [0.2, 0.25) is 17.7 Å². The lowest BCUT2D eigenvalue weighted by Gasteiger charge is -2.21. The smallest absolute Gasteiger partial charge is 0.325 e. The van der Waals surface area contributed by atoms with Gasteiger partial charge in [-0.05, 0) is 26.7 Å². The number of carbonyl (C=O) groups is 4. The Morgan fingerprint density at radius 2 is 1.09 bits per heavy atom. The molecule has 0 aromatic rings. The van der Waals surface area contributed by atoms with Gasteiger partial charge in [0.25, 0.3) is 0 Å². The predicted octanol–water partition coefficient (Wildman–Crippen LogP) is -1.43. The number of amides is 3. The summed E-state index contributed by atoms with van der Waals surface area (Å²) >= 11 is 0. The Hall–Kier alpha value is -2.16. The van der Waals surface area contributed by atoms with Gasteiger partial charge in [-0.2, -0.15) is 0 Å². The number of hydrogen-bond donors (Lipinski definition) is 5. The van der Waals surface area contributed by atoms with E-state index in [0.717, 1.165) is 0 Å². The predicted molar refractivity (Wildman–Crippen MR) is 83.3 cm³/mol. The van der Waals surface area contributed by atoms with Crippen molar-refractivity contribution in [1.82, 2.24) is 16.0 Å². The van der Waals surface area contributed by atoms with Crippen molar-refractivity contribution < 1.29 is 24.3 Å². The largest absolute Gasteiger partial charge is 0.480 e. The molecule has 0 radical (unpaired) electrons. The molecule has 0 aliphatic heterocycles. The number of rotatable bonds is 8. The van der Waals surface area contributed by atoms with Gasteiger partial charge >= 0.3 is 5.97 Å². The van der Waals surface area contributed by atoms with Crippen molar-refractivity contribution in [3.05, 3.63) is 0 Å². The summed E-state index contributed by atoms with van der Waals surface area (Å²) < 4.78 is 0. The molecule has 0 aromatic heterocycles. The zero-order chi connectivity index (χ0) is 18.3. The van der Waals surface area contributed by atoms with Crippen LogP contribution < -0.4 is 21.7 Å². The van der Waals surface area contributed by atoms with Gasteiger partial charge in [-0.3, -0.25) is 19.2 Å². The molecular weight excluding hydrogens is 304 g/mol. The Morgan fingerprint density at radius 3 is 1.43 bits per heavy atom. The van der Waals surface area contributed by atoms with Gasteiger partial charge in [0.15, 0.2) is 0 Å². The second-order valence-corrected chi connectivity index (χ2v) is 5.80.